The first-order chi connectivity index (χ1) is 15.4. The summed E-state index contributed by atoms with van der Waals surface area (Å²) in [6, 6.07) is 21.2. The van der Waals surface area contributed by atoms with E-state index < -0.39 is 24.4 Å². The monoisotopic (exact) mass is 432 g/mol. The number of ketones is 1. The summed E-state index contributed by atoms with van der Waals surface area (Å²) in [4.78, 5) is 48.1. The summed E-state index contributed by atoms with van der Waals surface area (Å²) in [5, 5.41) is 2.60. The van der Waals surface area contributed by atoms with E-state index in [9.17, 15) is 19.2 Å². The lowest BCUT2D eigenvalue weighted by atomic mass is 10.0. The number of primary amides is 1. The molecule has 0 spiro atoms. The Morgan fingerprint density at radius 3 is 2.22 bits per heavy atom. The number of carbonyl (C=O) groups is 4. The van der Waals surface area contributed by atoms with Gasteiger partial charge in [0.25, 0.3) is 11.8 Å². The topological polar surface area (TPSA) is 125 Å². The number of nitrogens with two attached hydrogens (primary N) is 1. The third kappa shape index (κ3) is 6.02. The third-order valence-electron chi connectivity index (χ3n) is 4.27. The molecule has 32 heavy (non-hydrogen) atoms. The number of amides is 2. The van der Waals surface area contributed by atoms with E-state index >= 15 is 0 Å². The Balaban J connectivity index is 1.61. The number of carbonyl (C=O) groups excluding carboxylic acids is 4. The van der Waals surface area contributed by atoms with Gasteiger partial charge in [0, 0.05) is 11.1 Å². The van der Waals surface area contributed by atoms with E-state index in [1.807, 2.05) is 0 Å². The molecule has 0 bridgehead atoms. The quantitative estimate of drug-likeness (QED) is 0.396. The number of benzene rings is 3. The molecule has 0 saturated heterocycles. The maximum absolute atomic E-state index is 12.7. The van der Waals surface area contributed by atoms with Crippen LogP contribution in [0, 0.1) is 0 Å². The average Bonchev–Trinajstić information content (AvgIpc) is 2.82. The molecule has 0 fully saturated rings. The van der Waals surface area contributed by atoms with Crippen molar-refractivity contribution in [2.45, 2.75) is 0 Å². The van der Waals surface area contributed by atoms with E-state index in [1.165, 1.54) is 12.1 Å². The molecule has 3 rings (SSSR count). The first-order valence-corrected chi connectivity index (χ1v) is 9.61. The van der Waals surface area contributed by atoms with Crippen LogP contribution in [-0.2, 0) is 14.3 Å². The van der Waals surface area contributed by atoms with E-state index in [2.05, 4.69) is 5.32 Å². The Bertz CT molecular complexity index is 1140. The highest BCUT2D eigenvalue weighted by Crippen LogP contribution is 2.19. The maximum atomic E-state index is 12.7. The zero-order chi connectivity index (χ0) is 22.9. The fourth-order valence-corrected chi connectivity index (χ4v) is 2.80. The maximum Gasteiger partial charge on any atom is 0.338 e. The minimum Gasteiger partial charge on any atom is -0.484 e. The Morgan fingerprint density at radius 2 is 1.47 bits per heavy atom. The number of anilines is 1. The third-order valence-corrected chi connectivity index (χ3v) is 4.27. The largest absolute Gasteiger partial charge is 0.484 e. The highest BCUT2D eigenvalue weighted by atomic mass is 16.5. The number of para-hydroxylation sites is 1. The van der Waals surface area contributed by atoms with Gasteiger partial charge in [0.15, 0.2) is 19.0 Å². The normalized spacial score (nSPS) is 10.1. The molecule has 8 nitrogen and oxygen atoms in total. The molecular formula is C24H20N2O6. The van der Waals surface area contributed by atoms with Crippen molar-refractivity contribution in [2.75, 3.05) is 18.5 Å². The second-order valence-corrected chi connectivity index (χ2v) is 6.65. The van der Waals surface area contributed by atoms with Crippen LogP contribution in [0.5, 0.6) is 5.75 Å². The minimum atomic E-state index is -0.752. The van der Waals surface area contributed by atoms with Gasteiger partial charge >= 0.3 is 5.97 Å². The zero-order valence-corrected chi connectivity index (χ0v) is 16.9. The molecule has 3 N–H and O–H groups in total. The van der Waals surface area contributed by atoms with Gasteiger partial charge in [0.05, 0.1) is 11.3 Å². The number of hydrogen-bond acceptors (Lipinski definition) is 6. The summed E-state index contributed by atoms with van der Waals surface area (Å²) >= 11 is 0. The molecule has 3 aromatic rings. The second kappa shape index (κ2) is 10.5. The van der Waals surface area contributed by atoms with Crippen LogP contribution >= 0.6 is 0 Å². The number of nitrogens with one attached hydrogen (secondary N) is 1. The van der Waals surface area contributed by atoms with Crippen LogP contribution in [0.1, 0.15) is 26.3 Å². The molecule has 0 atom stereocenters. The van der Waals surface area contributed by atoms with Crippen LogP contribution in [0.4, 0.5) is 5.69 Å². The Morgan fingerprint density at radius 1 is 0.781 bits per heavy atom. The van der Waals surface area contributed by atoms with Crippen LogP contribution in [0.25, 0.3) is 0 Å². The molecule has 0 radical (unpaired) electrons. The van der Waals surface area contributed by atoms with Crippen molar-refractivity contribution in [3.8, 4) is 5.75 Å². The van der Waals surface area contributed by atoms with Crippen molar-refractivity contribution in [1.29, 1.82) is 0 Å². The van der Waals surface area contributed by atoms with E-state index in [0.717, 1.165) is 0 Å². The Labute approximate surface area is 183 Å². The lowest BCUT2D eigenvalue weighted by Crippen LogP contribution is -2.22. The fraction of sp³-hybridized carbons (Fsp3) is 0.0833. The van der Waals surface area contributed by atoms with Gasteiger partial charge in [-0.1, -0.05) is 48.5 Å². The van der Waals surface area contributed by atoms with Crippen LogP contribution in [0.3, 0.4) is 0 Å². The van der Waals surface area contributed by atoms with Crippen molar-refractivity contribution >= 4 is 29.3 Å². The SMILES string of the molecule is NC(=O)COc1cccc(C(=O)OCC(=O)Nc2ccccc2C(=O)c2ccccc2)c1. The summed E-state index contributed by atoms with van der Waals surface area (Å²) in [7, 11) is 0. The van der Waals surface area contributed by atoms with Crippen molar-refractivity contribution in [3.05, 3.63) is 95.6 Å². The standard InChI is InChI=1S/C24H20N2O6/c25-21(27)14-31-18-10-6-9-17(13-18)24(30)32-15-22(28)26-20-12-5-4-11-19(20)23(29)16-7-2-1-3-8-16/h1-13H,14-15H2,(H2,25,27)(H,26,28). The lowest BCUT2D eigenvalue weighted by molar-refractivity contribution is -0.120. The number of rotatable bonds is 9. The molecule has 0 aromatic heterocycles. The van der Waals surface area contributed by atoms with Gasteiger partial charge in [0.2, 0.25) is 0 Å². The lowest BCUT2D eigenvalue weighted by Gasteiger charge is -2.11. The van der Waals surface area contributed by atoms with Gasteiger partial charge in [-0.15, -0.1) is 0 Å². The predicted molar refractivity (Wildman–Crippen MR) is 116 cm³/mol. The van der Waals surface area contributed by atoms with Gasteiger partial charge < -0.3 is 20.5 Å². The molecular weight excluding hydrogens is 412 g/mol. The number of esters is 1. The molecule has 8 heteroatoms. The molecule has 0 unspecified atom stereocenters. The van der Waals surface area contributed by atoms with E-state index in [0.29, 0.717) is 16.8 Å². The van der Waals surface area contributed by atoms with E-state index in [1.54, 1.807) is 66.7 Å². The molecule has 0 heterocycles. The van der Waals surface area contributed by atoms with Crippen molar-refractivity contribution < 1.29 is 28.7 Å². The number of ether oxygens (including phenoxy) is 2. The first kappa shape index (κ1) is 22.2. The van der Waals surface area contributed by atoms with Gasteiger partial charge in [-0.2, -0.15) is 0 Å². The highest BCUT2D eigenvalue weighted by Gasteiger charge is 2.16. The van der Waals surface area contributed by atoms with Crippen LogP contribution in [-0.4, -0.2) is 36.8 Å². The summed E-state index contributed by atoms with van der Waals surface area (Å²) in [5.74, 6) is -1.99. The molecule has 0 aliphatic heterocycles. The summed E-state index contributed by atoms with van der Waals surface area (Å²) in [6.07, 6.45) is 0. The van der Waals surface area contributed by atoms with Gasteiger partial charge in [-0.3, -0.25) is 14.4 Å². The van der Waals surface area contributed by atoms with Crippen LogP contribution in [0.15, 0.2) is 78.9 Å². The number of hydrogen-bond donors (Lipinski definition) is 2. The fourth-order valence-electron chi connectivity index (χ4n) is 2.80. The molecule has 162 valence electrons. The smallest absolute Gasteiger partial charge is 0.338 e. The summed E-state index contributed by atoms with van der Waals surface area (Å²) in [6.45, 7) is -0.888. The van der Waals surface area contributed by atoms with Crippen LogP contribution < -0.4 is 15.8 Å². The van der Waals surface area contributed by atoms with Crippen LogP contribution in [0.2, 0.25) is 0 Å². The summed E-state index contributed by atoms with van der Waals surface area (Å²) in [5.41, 5.74) is 6.27. The zero-order valence-electron chi connectivity index (χ0n) is 16.9. The minimum absolute atomic E-state index is 0.138. The van der Waals surface area contributed by atoms with Gasteiger partial charge in [0.1, 0.15) is 5.75 Å². The second-order valence-electron chi connectivity index (χ2n) is 6.65. The van der Waals surface area contributed by atoms with Crippen molar-refractivity contribution in [3.63, 3.8) is 0 Å². The van der Waals surface area contributed by atoms with Crippen molar-refractivity contribution in [2.24, 2.45) is 5.73 Å². The predicted octanol–water partition coefficient (Wildman–Crippen LogP) is 2.58. The highest BCUT2D eigenvalue weighted by molar-refractivity contribution is 6.14. The van der Waals surface area contributed by atoms with Gasteiger partial charge in [-0.25, -0.2) is 4.79 Å². The molecule has 0 saturated carbocycles. The Hall–Kier alpha value is -4.46. The van der Waals surface area contributed by atoms with E-state index in [4.69, 9.17) is 15.2 Å². The molecule has 0 aliphatic carbocycles. The first-order valence-electron chi connectivity index (χ1n) is 9.61. The summed E-state index contributed by atoms with van der Waals surface area (Å²) < 4.78 is 10.2. The molecule has 3 aromatic carbocycles. The average molecular weight is 432 g/mol. The molecule has 2 amide bonds. The molecule has 0 aliphatic rings. The van der Waals surface area contributed by atoms with Crippen molar-refractivity contribution in [1.82, 2.24) is 0 Å². The Kier molecular flexibility index (Phi) is 7.32. The van der Waals surface area contributed by atoms with Gasteiger partial charge in [-0.05, 0) is 30.3 Å². The van der Waals surface area contributed by atoms with E-state index in [-0.39, 0.29) is 23.7 Å².